The van der Waals surface area contributed by atoms with E-state index < -0.39 is 14.9 Å². The van der Waals surface area contributed by atoms with Crippen LogP contribution >= 0.6 is 0 Å². The highest BCUT2D eigenvalue weighted by Gasteiger charge is 2.31. The second-order valence-electron chi connectivity index (χ2n) is 7.15. The number of rotatable bonds is 4. The summed E-state index contributed by atoms with van der Waals surface area (Å²) in [7, 11) is -1.77. The maximum absolute atomic E-state index is 12.9. The van der Waals surface area contributed by atoms with Crippen molar-refractivity contribution in [3.05, 3.63) is 28.3 Å². The standard InChI is InChI=1S/C17H26N4O4S/c1-14-5-3-4-8-20(14)16-7-6-15(13-17(16)21(22)23)26(24,25)19-11-9-18(2)10-12-19/h6-7,13-14H,3-5,8-12H2,1-2H3. The Morgan fingerprint density at radius 3 is 2.42 bits per heavy atom. The predicted octanol–water partition coefficient (Wildman–Crippen LogP) is 1.91. The van der Waals surface area contributed by atoms with Crippen LogP contribution in [0.2, 0.25) is 0 Å². The molecule has 2 fully saturated rings. The van der Waals surface area contributed by atoms with E-state index in [9.17, 15) is 18.5 Å². The number of nitro groups is 1. The summed E-state index contributed by atoms with van der Waals surface area (Å²) in [4.78, 5) is 15.2. The lowest BCUT2D eigenvalue weighted by molar-refractivity contribution is -0.384. The number of nitro benzene ring substituents is 1. The highest BCUT2D eigenvalue weighted by atomic mass is 32.2. The van der Waals surface area contributed by atoms with Crippen molar-refractivity contribution in [2.24, 2.45) is 0 Å². The molecule has 2 aliphatic heterocycles. The first-order valence-electron chi connectivity index (χ1n) is 9.04. The van der Waals surface area contributed by atoms with Crippen molar-refractivity contribution in [3.8, 4) is 0 Å². The van der Waals surface area contributed by atoms with Gasteiger partial charge in [0.05, 0.1) is 9.82 Å². The van der Waals surface area contributed by atoms with Gasteiger partial charge >= 0.3 is 0 Å². The Morgan fingerprint density at radius 2 is 1.81 bits per heavy atom. The van der Waals surface area contributed by atoms with Gasteiger partial charge in [0.1, 0.15) is 5.69 Å². The Kier molecular flexibility index (Phi) is 5.50. The van der Waals surface area contributed by atoms with E-state index in [0.29, 0.717) is 31.9 Å². The van der Waals surface area contributed by atoms with E-state index in [0.717, 1.165) is 25.8 Å². The van der Waals surface area contributed by atoms with Crippen LogP contribution in [0.25, 0.3) is 0 Å². The van der Waals surface area contributed by atoms with E-state index in [1.807, 2.05) is 11.9 Å². The Balaban J connectivity index is 1.94. The number of hydrogen-bond acceptors (Lipinski definition) is 6. The van der Waals surface area contributed by atoms with Gasteiger partial charge in [0.2, 0.25) is 10.0 Å². The molecule has 0 N–H and O–H groups in total. The maximum atomic E-state index is 12.9. The number of benzene rings is 1. The lowest BCUT2D eigenvalue weighted by atomic mass is 10.0. The summed E-state index contributed by atoms with van der Waals surface area (Å²) in [5.74, 6) is 0. The minimum Gasteiger partial charge on any atom is -0.363 e. The predicted molar refractivity (Wildman–Crippen MR) is 100 cm³/mol. The molecule has 1 unspecified atom stereocenters. The Hall–Kier alpha value is -1.71. The molecule has 2 heterocycles. The van der Waals surface area contributed by atoms with Gasteiger partial charge in [0, 0.05) is 44.8 Å². The quantitative estimate of drug-likeness (QED) is 0.584. The minimum absolute atomic E-state index is 0.00201. The number of anilines is 1. The maximum Gasteiger partial charge on any atom is 0.293 e. The lowest BCUT2D eigenvalue weighted by Gasteiger charge is -2.35. The van der Waals surface area contributed by atoms with Gasteiger partial charge < -0.3 is 9.80 Å². The second kappa shape index (κ2) is 7.50. The zero-order valence-corrected chi connectivity index (χ0v) is 16.1. The van der Waals surface area contributed by atoms with E-state index in [4.69, 9.17) is 0 Å². The van der Waals surface area contributed by atoms with Gasteiger partial charge in [-0.1, -0.05) is 0 Å². The molecule has 144 valence electrons. The molecule has 1 aromatic rings. The van der Waals surface area contributed by atoms with E-state index in [2.05, 4.69) is 11.8 Å². The molecule has 0 saturated carbocycles. The number of nitrogens with zero attached hydrogens (tertiary/aromatic N) is 4. The molecular formula is C17H26N4O4S. The molecule has 2 aliphatic rings. The molecule has 0 aromatic heterocycles. The number of likely N-dealkylation sites (N-methyl/N-ethyl adjacent to an activating group) is 1. The smallest absolute Gasteiger partial charge is 0.293 e. The first kappa shape index (κ1) is 19.1. The van der Waals surface area contributed by atoms with Gasteiger partial charge in [0.25, 0.3) is 5.69 Å². The Bertz CT molecular complexity index is 775. The fourth-order valence-corrected chi connectivity index (χ4v) is 5.13. The first-order chi connectivity index (χ1) is 12.3. The SMILES string of the molecule is CC1CCCCN1c1ccc(S(=O)(=O)N2CCN(C)CC2)cc1[N+](=O)[O-]. The van der Waals surface area contributed by atoms with Crippen molar-refractivity contribution in [2.45, 2.75) is 37.1 Å². The first-order valence-corrected chi connectivity index (χ1v) is 10.5. The molecule has 0 bridgehead atoms. The van der Waals surface area contributed by atoms with E-state index in [1.54, 1.807) is 6.07 Å². The average molecular weight is 382 g/mol. The Labute approximate surface area is 154 Å². The lowest BCUT2D eigenvalue weighted by Crippen LogP contribution is -2.47. The fourth-order valence-electron chi connectivity index (χ4n) is 3.69. The van der Waals surface area contributed by atoms with Gasteiger partial charge in [-0.3, -0.25) is 10.1 Å². The van der Waals surface area contributed by atoms with Crippen LogP contribution in [0.15, 0.2) is 23.1 Å². The molecular weight excluding hydrogens is 356 g/mol. The molecule has 3 rings (SSSR count). The van der Waals surface area contributed by atoms with Crippen molar-refractivity contribution in [1.29, 1.82) is 0 Å². The third-order valence-corrected chi connectivity index (χ3v) is 7.25. The highest BCUT2D eigenvalue weighted by Crippen LogP contribution is 2.35. The number of piperazine rings is 1. The van der Waals surface area contributed by atoms with Crippen LogP contribution in [0.1, 0.15) is 26.2 Å². The van der Waals surface area contributed by atoms with Crippen molar-refractivity contribution in [3.63, 3.8) is 0 Å². The molecule has 26 heavy (non-hydrogen) atoms. The number of piperidine rings is 1. The monoisotopic (exact) mass is 382 g/mol. The third kappa shape index (κ3) is 3.70. The molecule has 1 aromatic carbocycles. The van der Waals surface area contributed by atoms with Gasteiger partial charge in [-0.2, -0.15) is 4.31 Å². The van der Waals surface area contributed by atoms with Crippen molar-refractivity contribution >= 4 is 21.4 Å². The van der Waals surface area contributed by atoms with Crippen LogP contribution in [0.5, 0.6) is 0 Å². The van der Waals surface area contributed by atoms with E-state index in [1.165, 1.54) is 16.4 Å². The number of hydrogen-bond donors (Lipinski definition) is 0. The summed E-state index contributed by atoms with van der Waals surface area (Å²) in [5, 5.41) is 11.6. The molecule has 8 nitrogen and oxygen atoms in total. The van der Waals surface area contributed by atoms with Crippen LogP contribution in [0, 0.1) is 10.1 Å². The molecule has 0 aliphatic carbocycles. The summed E-state index contributed by atoms with van der Waals surface area (Å²) in [6, 6.07) is 4.55. The average Bonchev–Trinajstić information content (AvgIpc) is 2.62. The summed E-state index contributed by atoms with van der Waals surface area (Å²) in [6.07, 6.45) is 3.09. The third-order valence-electron chi connectivity index (χ3n) is 5.36. The van der Waals surface area contributed by atoms with Gasteiger partial charge in [0.15, 0.2) is 0 Å². The van der Waals surface area contributed by atoms with Crippen LogP contribution in [0.3, 0.4) is 0 Å². The van der Waals surface area contributed by atoms with E-state index >= 15 is 0 Å². The zero-order chi connectivity index (χ0) is 18.9. The Morgan fingerprint density at radius 1 is 1.12 bits per heavy atom. The largest absolute Gasteiger partial charge is 0.363 e. The highest BCUT2D eigenvalue weighted by molar-refractivity contribution is 7.89. The van der Waals surface area contributed by atoms with Crippen molar-refractivity contribution in [1.82, 2.24) is 9.21 Å². The molecule has 2 saturated heterocycles. The van der Waals surface area contributed by atoms with Crippen LogP contribution in [0.4, 0.5) is 11.4 Å². The van der Waals surface area contributed by atoms with Gasteiger partial charge in [-0.15, -0.1) is 0 Å². The minimum atomic E-state index is -3.72. The molecule has 0 amide bonds. The molecule has 1 atom stereocenters. The second-order valence-corrected chi connectivity index (χ2v) is 9.09. The van der Waals surface area contributed by atoms with Crippen LogP contribution in [-0.2, 0) is 10.0 Å². The number of sulfonamides is 1. The summed E-state index contributed by atoms with van der Waals surface area (Å²) in [5.41, 5.74) is 0.383. The zero-order valence-electron chi connectivity index (χ0n) is 15.3. The van der Waals surface area contributed by atoms with Gasteiger partial charge in [-0.05, 0) is 45.4 Å². The van der Waals surface area contributed by atoms with Crippen LogP contribution in [-0.4, -0.2) is 68.4 Å². The van der Waals surface area contributed by atoms with Crippen molar-refractivity contribution in [2.75, 3.05) is 44.7 Å². The summed E-state index contributed by atoms with van der Waals surface area (Å²) >= 11 is 0. The molecule has 0 spiro atoms. The molecule has 9 heteroatoms. The molecule has 0 radical (unpaired) electrons. The topological polar surface area (TPSA) is 87.0 Å². The van der Waals surface area contributed by atoms with E-state index in [-0.39, 0.29) is 16.6 Å². The van der Waals surface area contributed by atoms with Crippen molar-refractivity contribution < 1.29 is 13.3 Å². The van der Waals surface area contributed by atoms with Crippen LogP contribution < -0.4 is 4.90 Å². The fraction of sp³-hybridized carbons (Fsp3) is 0.647. The summed E-state index contributed by atoms with van der Waals surface area (Å²) in [6.45, 7) is 4.93. The van der Waals surface area contributed by atoms with Gasteiger partial charge in [-0.25, -0.2) is 8.42 Å². The summed E-state index contributed by atoms with van der Waals surface area (Å²) < 4.78 is 27.2. The normalized spacial score (nSPS) is 23.2.